The largest absolute Gasteiger partial charge is 0.495 e. The van der Waals surface area contributed by atoms with Crippen LogP contribution in [0.2, 0.25) is 0 Å². The van der Waals surface area contributed by atoms with Gasteiger partial charge in [0.15, 0.2) is 5.82 Å². The Balaban J connectivity index is 1.39. The Hall–Kier alpha value is -4.58. The molecule has 0 spiro atoms. The van der Waals surface area contributed by atoms with Crippen LogP contribution < -0.4 is 5.46 Å². The molecule has 0 unspecified atom stereocenters. The minimum Gasteiger partial charge on any atom is -0.399 e. The number of nitrogens with zero attached hydrogens (tertiary/aromatic N) is 2. The van der Waals surface area contributed by atoms with Gasteiger partial charge in [-0.25, -0.2) is 9.97 Å². The molecule has 0 amide bonds. The molecular weight excluding hydrogens is 527 g/mol. The summed E-state index contributed by atoms with van der Waals surface area (Å²) in [6.07, 6.45) is 0. The maximum absolute atomic E-state index is 6.46. The minimum atomic E-state index is -0.453. The van der Waals surface area contributed by atoms with E-state index in [0.717, 1.165) is 49.9 Å². The van der Waals surface area contributed by atoms with E-state index in [1.165, 1.54) is 5.56 Å². The number of benzene rings is 5. The molecule has 6 aromatic rings. The topological polar surface area (TPSA) is 44.2 Å². The Bertz CT molecular complexity index is 1920. The van der Waals surface area contributed by atoms with E-state index in [9.17, 15) is 0 Å². The van der Waals surface area contributed by atoms with Crippen LogP contribution in [0.15, 0.2) is 127 Å². The zero-order valence-electron chi connectivity index (χ0n) is 24.9. The van der Waals surface area contributed by atoms with Crippen molar-refractivity contribution in [2.45, 2.75) is 38.9 Å². The molecule has 5 aromatic carbocycles. The fourth-order valence-electron chi connectivity index (χ4n) is 5.66. The maximum Gasteiger partial charge on any atom is 0.495 e. The lowest BCUT2D eigenvalue weighted by Gasteiger charge is -2.32. The van der Waals surface area contributed by atoms with Crippen molar-refractivity contribution in [3.05, 3.63) is 127 Å². The van der Waals surface area contributed by atoms with E-state index in [-0.39, 0.29) is 0 Å². The lowest BCUT2D eigenvalue weighted by Crippen LogP contribution is -2.41. The highest BCUT2D eigenvalue weighted by atomic mass is 16.7. The first-order valence-corrected chi connectivity index (χ1v) is 14.8. The number of hydrogen-bond acceptors (Lipinski definition) is 4. The maximum atomic E-state index is 6.46. The van der Waals surface area contributed by atoms with Gasteiger partial charge in [-0.2, -0.15) is 0 Å². The first-order valence-electron chi connectivity index (χ1n) is 14.8. The number of hydrogen-bond donors (Lipinski definition) is 0. The number of aromatic nitrogens is 2. The fourth-order valence-corrected chi connectivity index (χ4v) is 5.66. The monoisotopic (exact) mass is 560 g/mol. The van der Waals surface area contributed by atoms with E-state index < -0.39 is 18.3 Å². The molecule has 0 radical (unpaired) electrons. The first kappa shape index (κ1) is 27.3. The lowest BCUT2D eigenvalue weighted by atomic mass is 9.75. The van der Waals surface area contributed by atoms with Crippen LogP contribution in [-0.2, 0) is 9.31 Å². The summed E-state index contributed by atoms with van der Waals surface area (Å²) in [5.41, 5.74) is 7.30. The average molecular weight is 561 g/mol. The van der Waals surface area contributed by atoms with Gasteiger partial charge in [-0.15, -0.1) is 0 Å². The predicted molar refractivity (Wildman–Crippen MR) is 177 cm³/mol. The molecule has 0 aliphatic carbocycles. The second kappa shape index (κ2) is 10.6. The van der Waals surface area contributed by atoms with E-state index in [1.54, 1.807) is 0 Å². The van der Waals surface area contributed by atoms with E-state index in [0.29, 0.717) is 5.82 Å². The highest BCUT2D eigenvalue weighted by Crippen LogP contribution is 2.38. The van der Waals surface area contributed by atoms with Gasteiger partial charge < -0.3 is 9.31 Å². The molecule has 0 atom stereocenters. The molecular formula is C38H33BN2O2. The Labute approximate surface area is 253 Å². The van der Waals surface area contributed by atoms with Crippen molar-refractivity contribution in [2.24, 2.45) is 0 Å². The Morgan fingerprint density at radius 2 is 1.05 bits per heavy atom. The summed E-state index contributed by atoms with van der Waals surface area (Å²) >= 11 is 0. The molecule has 0 bridgehead atoms. The summed E-state index contributed by atoms with van der Waals surface area (Å²) in [6.45, 7) is 8.35. The van der Waals surface area contributed by atoms with Crippen molar-refractivity contribution in [2.75, 3.05) is 0 Å². The Morgan fingerprint density at radius 3 is 1.74 bits per heavy atom. The Kier molecular flexibility index (Phi) is 6.73. The van der Waals surface area contributed by atoms with Crippen molar-refractivity contribution in [1.82, 2.24) is 9.97 Å². The van der Waals surface area contributed by atoms with Crippen molar-refractivity contribution in [3.63, 3.8) is 0 Å². The molecule has 1 aliphatic rings. The number of fused-ring (bicyclic) bond motifs is 1. The number of rotatable bonds is 5. The van der Waals surface area contributed by atoms with Crippen LogP contribution in [0.3, 0.4) is 0 Å². The highest BCUT2D eigenvalue weighted by Gasteiger charge is 2.52. The van der Waals surface area contributed by atoms with Gasteiger partial charge in [-0.3, -0.25) is 0 Å². The third kappa shape index (κ3) is 5.05. The molecule has 43 heavy (non-hydrogen) atoms. The second-order valence-corrected chi connectivity index (χ2v) is 12.1. The van der Waals surface area contributed by atoms with Gasteiger partial charge >= 0.3 is 7.12 Å². The van der Waals surface area contributed by atoms with Crippen LogP contribution in [0, 0.1) is 0 Å². The first-order chi connectivity index (χ1) is 20.8. The van der Waals surface area contributed by atoms with Crippen molar-refractivity contribution in [1.29, 1.82) is 0 Å². The molecule has 2 heterocycles. The smallest absolute Gasteiger partial charge is 0.399 e. The molecule has 4 nitrogen and oxygen atoms in total. The van der Waals surface area contributed by atoms with Crippen molar-refractivity contribution < 1.29 is 9.31 Å². The van der Waals surface area contributed by atoms with Gasteiger partial charge in [0, 0.05) is 16.7 Å². The molecule has 1 aromatic heterocycles. The van der Waals surface area contributed by atoms with Crippen LogP contribution in [-0.4, -0.2) is 28.3 Å². The average Bonchev–Trinajstić information content (AvgIpc) is 3.27. The third-order valence-corrected chi connectivity index (χ3v) is 8.76. The quantitative estimate of drug-likeness (QED) is 0.198. The second-order valence-electron chi connectivity index (χ2n) is 12.1. The fraction of sp³-hybridized carbons (Fsp3) is 0.158. The van der Waals surface area contributed by atoms with Crippen LogP contribution in [0.1, 0.15) is 27.7 Å². The third-order valence-electron chi connectivity index (χ3n) is 8.76. The zero-order valence-corrected chi connectivity index (χ0v) is 24.9. The molecule has 1 aliphatic heterocycles. The van der Waals surface area contributed by atoms with Gasteiger partial charge in [0.05, 0.1) is 22.6 Å². The van der Waals surface area contributed by atoms with Gasteiger partial charge in [-0.05, 0) is 67.2 Å². The van der Waals surface area contributed by atoms with E-state index >= 15 is 0 Å². The SMILES string of the molecule is CC1(C)OB(c2ccc(-c3cc(-c4cccc(-c5ccccc5)c4)nc(-c4ccccc4)n3)c3ccccc23)OC1(C)C. The van der Waals surface area contributed by atoms with E-state index in [2.05, 4.69) is 131 Å². The standard InChI is InChI=1S/C38H33BN2O2/c1-37(2)38(3,4)43-39(42-37)33-23-22-32(30-20-11-12-21-31(30)33)35-25-34(40-36(41-35)27-16-9-6-10-17-27)29-19-13-18-28(24-29)26-14-7-5-8-15-26/h5-25H,1-4H3. The van der Waals surface area contributed by atoms with Crippen LogP contribution >= 0.6 is 0 Å². The summed E-state index contributed by atoms with van der Waals surface area (Å²) in [5.74, 6) is 0.692. The summed E-state index contributed by atoms with van der Waals surface area (Å²) in [6, 6.07) is 44.0. The summed E-state index contributed by atoms with van der Waals surface area (Å²) in [4.78, 5) is 10.2. The van der Waals surface area contributed by atoms with E-state index in [1.807, 2.05) is 24.3 Å². The van der Waals surface area contributed by atoms with Crippen LogP contribution in [0.25, 0.3) is 55.8 Å². The van der Waals surface area contributed by atoms with Crippen LogP contribution in [0.5, 0.6) is 0 Å². The summed E-state index contributed by atoms with van der Waals surface area (Å²) < 4.78 is 12.9. The lowest BCUT2D eigenvalue weighted by molar-refractivity contribution is 0.00578. The molecule has 1 fully saturated rings. The highest BCUT2D eigenvalue weighted by molar-refractivity contribution is 6.65. The molecule has 1 saturated heterocycles. The Morgan fingerprint density at radius 1 is 0.488 bits per heavy atom. The van der Waals surface area contributed by atoms with Gasteiger partial charge in [0.25, 0.3) is 0 Å². The normalized spacial score (nSPS) is 15.6. The van der Waals surface area contributed by atoms with Crippen molar-refractivity contribution >= 4 is 23.4 Å². The van der Waals surface area contributed by atoms with Gasteiger partial charge in [0.1, 0.15) is 0 Å². The predicted octanol–water partition coefficient (Wildman–Crippen LogP) is 8.60. The zero-order chi connectivity index (χ0) is 29.6. The molecule has 0 saturated carbocycles. The van der Waals surface area contributed by atoms with Gasteiger partial charge in [0.2, 0.25) is 0 Å². The molecule has 0 N–H and O–H groups in total. The summed E-state index contributed by atoms with van der Waals surface area (Å²) in [5, 5.41) is 2.18. The van der Waals surface area contributed by atoms with E-state index in [4.69, 9.17) is 19.3 Å². The molecule has 5 heteroatoms. The van der Waals surface area contributed by atoms with Gasteiger partial charge in [-0.1, -0.05) is 115 Å². The summed E-state index contributed by atoms with van der Waals surface area (Å²) in [7, 11) is -0.453. The van der Waals surface area contributed by atoms with Crippen molar-refractivity contribution in [3.8, 4) is 45.0 Å². The van der Waals surface area contributed by atoms with Crippen LogP contribution in [0.4, 0.5) is 0 Å². The minimum absolute atomic E-state index is 0.419. The molecule has 7 rings (SSSR count). The molecule has 210 valence electrons.